The van der Waals surface area contributed by atoms with E-state index >= 15 is 0 Å². The minimum absolute atomic E-state index is 0.419. The Balaban J connectivity index is 1.95. The molecule has 2 aromatic carbocycles. The summed E-state index contributed by atoms with van der Waals surface area (Å²) in [4.78, 5) is -0.657. The lowest BCUT2D eigenvalue weighted by atomic mass is 9.88. The zero-order valence-corrected chi connectivity index (χ0v) is 12.5. The number of nitrogens with one attached hydrogen (secondary N) is 1. The molecule has 116 valence electrons. The van der Waals surface area contributed by atoms with Crippen molar-refractivity contribution in [2.24, 2.45) is 0 Å². The molecule has 0 amide bonds. The molecule has 22 heavy (non-hydrogen) atoms. The molecule has 0 spiro atoms. The fourth-order valence-electron chi connectivity index (χ4n) is 2.81. The van der Waals surface area contributed by atoms with Crippen LogP contribution in [0.15, 0.2) is 47.4 Å². The van der Waals surface area contributed by atoms with E-state index in [1.54, 1.807) is 0 Å². The maximum atomic E-state index is 13.7. The molecule has 0 radical (unpaired) electrons. The largest absolute Gasteiger partial charge is 0.244 e. The van der Waals surface area contributed by atoms with Crippen molar-refractivity contribution in [2.45, 2.75) is 30.2 Å². The summed E-state index contributed by atoms with van der Waals surface area (Å²) in [5.74, 6) is -1.75. The van der Waals surface area contributed by atoms with Gasteiger partial charge in [-0.25, -0.2) is 21.9 Å². The molecular weight excluding hydrogens is 308 g/mol. The van der Waals surface area contributed by atoms with E-state index < -0.39 is 32.6 Å². The van der Waals surface area contributed by atoms with Gasteiger partial charge in [0.1, 0.15) is 16.5 Å². The zero-order chi connectivity index (χ0) is 15.7. The Morgan fingerprint density at radius 3 is 2.68 bits per heavy atom. The van der Waals surface area contributed by atoms with E-state index in [0.717, 1.165) is 36.1 Å². The van der Waals surface area contributed by atoms with Crippen LogP contribution in [0.1, 0.15) is 30.0 Å². The molecule has 0 saturated carbocycles. The van der Waals surface area contributed by atoms with Crippen molar-refractivity contribution < 1.29 is 17.2 Å². The average Bonchev–Trinajstić information content (AvgIpc) is 2.50. The standard InChI is InChI=1S/C16H15F2NO2S/c17-12-8-9-14(18)16(10-12)22(20,21)19-15-7-3-5-11-4-1-2-6-13(11)15/h1-2,4,6,8-10,15,19H,3,5,7H2. The van der Waals surface area contributed by atoms with Crippen LogP contribution in [-0.4, -0.2) is 8.42 Å². The van der Waals surface area contributed by atoms with E-state index in [-0.39, 0.29) is 0 Å². The Morgan fingerprint density at radius 1 is 1.09 bits per heavy atom. The molecule has 3 nitrogen and oxygen atoms in total. The zero-order valence-electron chi connectivity index (χ0n) is 11.7. The maximum absolute atomic E-state index is 13.7. The normalized spacial score (nSPS) is 18.0. The summed E-state index contributed by atoms with van der Waals surface area (Å²) < 4.78 is 54.2. The summed E-state index contributed by atoms with van der Waals surface area (Å²) in [6, 6.07) is 9.56. The van der Waals surface area contributed by atoms with E-state index in [1.165, 1.54) is 0 Å². The van der Waals surface area contributed by atoms with Gasteiger partial charge >= 0.3 is 0 Å². The first-order valence-electron chi connectivity index (χ1n) is 7.02. The molecule has 0 saturated heterocycles. The van der Waals surface area contributed by atoms with Gasteiger partial charge in [-0.1, -0.05) is 24.3 Å². The van der Waals surface area contributed by atoms with Crippen LogP contribution in [0.25, 0.3) is 0 Å². The number of benzene rings is 2. The first kappa shape index (κ1) is 15.1. The molecule has 1 atom stereocenters. The van der Waals surface area contributed by atoms with Gasteiger partial charge in [-0.05, 0) is 48.6 Å². The fourth-order valence-corrected chi connectivity index (χ4v) is 4.15. The van der Waals surface area contributed by atoms with Crippen molar-refractivity contribution in [2.75, 3.05) is 0 Å². The van der Waals surface area contributed by atoms with Crippen LogP contribution in [0.3, 0.4) is 0 Å². The third-order valence-corrected chi connectivity index (χ3v) is 5.34. The number of aryl methyl sites for hydroxylation is 1. The van der Waals surface area contributed by atoms with Gasteiger partial charge in [0.05, 0.1) is 0 Å². The quantitative estimate of drug-likeness (QED) is 0.942. The van der Waals surface area contributed by atoms with Crippen LogP contribution < -0.4 is 4.72 Å². The van der Waals surface area contributed by atoms with Crippen molar-refractivity contribution >= 4 is 10.0 Å². The second-order valence-electron chi connectivity index (χ2n) is 5.34. The minimum Gasteiger partial charge on any atom is -0.207 e. The highest BCUT2D eigenvalue weighted by Gasteiger charge is 2.27. The van der Waals surface area contributed by atoms with Gasteiger partial charge in [-0.2, -0.15) is 0 Å². The molecule has 1 N–H and O–H groups in total. The molecule has 1 aliphatic carbocycles. The monoisotopic (exact) mass is 323 g/mol. The third kappa shape index (κ3) is 2.89. The van der Waals surface area contributed by atoms with E-state index in [0.29, 0.717) is 12.5 Å². The highest BCUT2D eigenvalue weighted by atomic mass is 32.2. The number of fused-ring (bicyclic) bond motifs is 1. The molecule has 6 heteroatoms. The second-order valence-corrected chi connectivity index (χ2v) is 7.02. The average molecular weight is 323 g/mol. The molecule has 0 aliphatic heterocycles. The molecule has 0 bridgehead atoms. The lowest BCUT2D eigenvalue weighted by Crippen LogP contribution is -2.31. The molecule has 1 unspecified atom stereocenters. The Hall–Kier alpha value is -1.79. The van der Waals surface area contributed by atoms with Gasteiger partial charge in [0.15, 0.2) is 0 Å². The third-order valence-electron chi connectivity index (χ3n) is 3.85. The summed E-state index contributed by atoms with van der Waals surface area (Å²) in [7, 11) is -4.12. The molecular formula is C16H15F2NO2S. The van der Waals surface area contributed by atoms with Crippen molar-refractivity contribution in [3.63, 3.8) is 0 Å². The predicted molar refractivity (Wildman–Crippen MR) is 78.8 cm³/mol. The Bertz CT molecular complexity index is 806. The first-order valence-corrected chi connectivity index (χ1v) is 8.51. The van der Waals surface area contributed by atoms with Gasteiger partial charge < -0.3 is 0 Å². The summed E-state index contributed by atoms with van der Waals surface area (Å²) in [6.07, 6.45) is 2.37. The maximum Gasteiger partial charge on any atom is 0.244 e. The molecule has 3 rings (SSSR count). The highest BCUT2D eigenvalue weighted by molar-refractivity contribution is 7.89. The summed E-state index contributed by atoms with van der Waals surface area (Å²) in [6.45, 7) is 0. The van der Waals surface area contributed by atoms with Crippen molar-refractivity contribution in [1.82, 2.24) is 4.72 Å². The van der Waals surface area contributed by atoms with E-state index in [4.69, 9.17) is 0 Å². The lowest BCUT2D eigenvalue weighted by Gasteiger charge is -2.26. The van der Waals surface area contributed by atoms with Crippen LogP contribution in [0.2, 0.25) is 0 Å². The van der Waals surface area contributed by atoms with Crippen molar-refractivity contribution in [3.05, 3.63) is 65.2 Å². The number of rotatable bonds is 3. The minimum atomic E-state index is -4.12. The van der Waals surface area contributed by atoms with Crippen LogP contribution in [-0.2, 0) is 16.4 Å². The van der Waals surface area contributed by atoms with Crippen molar-refractivity contribution in [1.29, 1.82) is 0 Å². The second kappa shape index (κ2) is 5.78. The number of hydrogen-bond donors (Lipinski definition) is 1. The summed E-state index contributed by atoms with van der Waals surface area (Å²) in [5, 5.41) is 0. The van der Waals surface area contributed by atoms with Gasteiger partial charge in [0.2, 0.25) is 10.0 Å². The number of sulfonamides is 1. The SMILES string of the molecule is O=S(=O)(NC1CCCc2ccccc21)c1cc(F)ccc1F. The number of halogens is 2. The molecule has 0 heterocycles. The Kier molecular flexibility index (Phi) is 3.97. The molecule has 0 aromatic heterocycles. The van der Waals surface area contributed by atoms with Gasteiger partial charge in [0, 0.05) is 6.04 Å². The van der Waals surface area contributed by atoms with Crippen LogP contribution in [0, 0.1) is 11.6 Å². The van der Waals surface area contributed by atoms with Crippen LogP contribution in [0.4, 0.5) is 8.78 Å². The van der Waals surface area contributed by atoms with Gasteiger partial charge in [-0.3, -0.25) is 0 Å². The van der Waals surface area contributed by atoms with Crippen molar-refractivity contribution in [3.8, 4) is 0 Å². The molecule has 1 aliphatic rings. The van der Waals surface area contributed by atoms with Gasteiger partial charge in [-0.15, -0.1) is 0 Å². The first-order chi connectivity index (χ1) is 10.5. The molecule has 2 aromatic rings. The molecule has 0 fully saturated rings. The van der Waals surface area contributed by atoms with Crippen LogP contribution in [0.5, 0.6) is 0 Å². The Morgan fingerprint density at radius 2 is 1.86 bits per heavy atom. The van der Waals surface area contributed by atoms with E-state index in [2.05, 4.69) is 4.72 Å². The number of hydrogen-bond acceptors (Lipinski definition) is 2. The van der Waals surface area contributed by atoms with Gasteiger partial charge in [0.25, 0.3) is 0 Å². The van der Waals surface area contributed by atoms with E-state index in [9.17, 15) is 17.2 Å². The lowest BCUT2D eigenvalue weighted by molar-refractivity contribution is 0.499. The fraction of sp³-hybridized carbons (Fsp3) is 0.250. The van der Waals surface area contributed by atoms with Crippen LogP contribution >= 0.6 is 0 Å². The Labute approximate surface area is 128 Å². The highest BCUT2D eigenvalue weighted by Crippen LogP contribution is 2.31. The summed E-state index contributed by atoms with van der Waals surface area (Å²) in [5.41, 5.74) is 1.98. The topological polar surface area (TPSA) is 46.2 Å². The summed E-state index contributed by atoms with van der Waals surface area (Å²) >= 11 is 0. The predicted octanol–water partition coefficient (Wildman–Crippen LogP) is 3.32. The van der Waals surface area contributed by atoms with E-state index in [1.807, 2.05) is 24.3 Å². The smallest absolute Gasteiger partial charge is 0.207 e.